The third-order valence-electron chi connectivity index (χ3n) is 3.62. The number of hydrogen-bond acceptors (Lipinski definition) is 5. The molecule has 0 spiro atoms. The van der Waals surface area contributed by atoms with Crippen molar-refractivity contribution in [2.75, 3.05) is 5.73 Å². The molecule has 17 heavy (non-hydrogen) atoms. The highest BCUT2D eigenvalue weighted by molar-refractivity contribution is 5.80. The Labute approximate surface area is 99.2 Å². The van der Waals surface area contributed by atoms with Crippen LogP contribution in [0.4, 0.5) is 5.82 Å². The first-order valence-corrected chi connectivity index (χ1v) is 6.07. The molecule has 0 aliphatic heterocycles. The minimum Gasteiger partial charge on any atom is -0.382 e. The number of nitrogens with zero attached hydrogens (tertiary/aromatic N) is 5. The number of aromatic nitrogens is 5. The molecule has 0 bridgehead atoms. The molecule has 0 radical (unpaired) electrons. The molecule has 90 valence electrons. The van der Waals surface area contributed by atoms with Crippen molar-refractivity contribution in [1.29, 1.82) is 0 Å². The standard InChI is InChI=1S/C11H16N6/c1-7-2-4-8(5-3-7)17-11-9(15-16-17)10(12)13-6-14-11/h6-8H,2-5H2,1H3,(H2,12,13,14). The van der Waals surface area contributed by atoms with E-state index >= 15 is 0 Å². The largest absolute Gasteiger partial charge is 0.382 e. The SMILES string of the molecule is CC1CCC(n2nnc3c(N)ncnc32)CC1. The van der Waals surface area contributed by atoms with Crippen LogP contribution in [-0.2, 0) is 0 Å². The number of hydrogen-bond donors (Lipinski definition) is 1. The van der Waals surface area contributed by atoms with E-state index in [2.05, 4.69) is 27.2 Å². The fourth-order valence-electron chi connectivity index (χ4n) is 2.51. The van der Waals surface area contributed by atoms with E-state index in [4.69, 9.17) is 5.73 Å². The molecular formula is C11H16N6. The summed E-state index contributed by atoms with van der Waals surface area (Å²) in [5.74, 6) is 1.23. The normalized spacial score (nSPS) is 25.2. The molecule has 1 saturated carbocycles. The Morgan fingerprint density at radius 2 is 2.00 bits per heavy atom. The number of nitrogens with two attached hydrogens (primary N) is 1. The Bertz CT molecular complexity index is 526. The van der Waals surface area contributed by atoms with Gasteiger partial charge >= 0.3 is 0 Å². The molecule has 1 aliphatic rings. The minimum absolute atomic E-state index is 0.408. The maximum absolute atomic E-state index is 5.75. The van der Waals surface area contributed by atoms with E-state index in [1.807, 2.05) is 4.68 Å². The summed E-state index contributed by atoms with van der Waals surface area (Å²) < 4.78 is 1.92. The van der Waals surface area contributed by atoms with E-state index < -0.39 is 0 Å². The molecule has 2 aromatic rings. The molecule has 0 unspecified atom stereocenters. The van der Waals surface area contributed by atoms with Crippen molar-refractivity contribution < 1.29 is 0 Å². The second kappa shape index (κ2) is 3.94. The van der Waals surface area contributed by atoms with Gasteiger partial charge in [-0.3, -0.25) is 0 Å². The molecule has 2 N–H and O–H groups in total. The number of rotatable bonds is 1. The fraction of sp³-hybridized carbons (Fsp3) is 0.636. The molecule has 0 amide bonds. The molecule has 0 atom stereocenters. The number of nitrogen functional groups attached to an aromatic ring is 1. The average Bonchev–Trinajstić information content (AvgIpc) is 2.75. The molecule has 6 nitrogen and oxygen atoms in total. The highest BCUT2D eigenvalue weighted by Crippen LogP contribution is 2.32. The van der Waals surface area contributed by atoms with Gasteiger partial charge in [-0.15, -0.1) is 5.10 Å². The van der Waals surface area contributed by atoms with E-state index in [0.29, 0.717) is 17.4 Å². The molecule has 2 heterocycles. The van der Waals surface area contributed by atoms with E-state index in [1.165, 1.54) is 19.2 Å². The highest BCUT2D eigenvalue weighted by Gasteiger charge is 2.23. The summed E-state index contributed by atoms with van der Waals surface area (Å²) in [5, 5.41) is 8.26. The van der Waals surface area contributed by atoms with E-state index in [9.17, 15) is 0 Å². The van der Waals surface area contributed by atoms with Crippen molar-refractivity contribution in [2.24, 2.45) is 5.92 Å². The number of fused-ring (bicyclic) bond motifs is 1. The van der Waals surface area contributed by atoms with Gasteiger partial charge in [0, 0.05) is 0 Å². The second-order valence-corrected chi connectivity index (χ2v) is 4.88. The summed E-state index contributed by atoms with van der Waals surface area (Å²) in [5.41, 5.74) is 7.13. The topological polar surface area (TPSA) is 82.5 Å². The lowest BCUT2D eigenvalue weighted by Gasteiger charge is -2.25. The first-order valence-electron chi connectivity index (χ1n) is 6.07. The van der Waals surface area contributed by atoms with Crippen LogP contribution in [0.3, 0.4) is 0 Å². The predicted molar refractivity (Wildman–Crippen MR) is 64.2 cm³/mol. The lowest BCUT2D eigenvalue weighted by molar-refractivity contribution is 0.275. The summed E-state index contributed by atoms with van der Waals surface area (Å²) >= 11 is 0. The summed E-state index contributed by atoms with van der Waals surface area (Å²) in [7, 11) is 0. The Balaban J connectivity index is 1.98. The predicted octanol–water partition coefficient (Wildman–Crippen LogP) is 1.55. The van der Waals surface area contributed by atoms with Crippen LogP contribution in [0.2, 0.25) is 0 Å². The van der Waals surface area contributed by atoms with Gasteiger partial charge < -0.3 is 5.73 Å². The van der Waals surface area contributed by atoms with Crippen molar-refractivity contribution in [2.45, 2.75) is 38.6 Å². The van der Waals surface area contributed by atoms with Gasteiger partial charge in [0.2, 0.25) is 0 Å². The van der Waals surface area contributed by atoms with Gasteiger partial charge in [0.25, 0.3) is 0 Å². The van der Waals surface area contributed by atoms with Crippen LogP contribution in [-0.4, -0.2) is 25.0 Å². The number of anilines is 1. The highest BCUT2D eigenvalue weighted by atomic mass is 15.5. The average molecular weight is 232 g/mol. The van der Waals surface area contributed by atoms with Gasteiger partial charge in [-0.2, -0.15) is 0 Å². The smallest absolute Gasteiger partial charge is 0.184 e. The van der Waals surface area contributed by atoms with Crippen LogP contribution in [0.5, 0.6) is 0 Å². The Kier molecular flexibility index (Phi) is 2.42. The second-order valence-electron chi connectivity index (χ2n) is 4.88. The molecule has 1 fully saturated rings. The van der Waals surface area contributed by atoms with Gasteiger partial charge in [0.05, 0.1) is 6.04 Å². The molecule has 6 heteroatoms. The lowest BCUT2D eigenvalue weighted by Crippen LogP contribution is -2.18. The zero-order valence-corrected chi connectivity index (χ0v) is 9.87. The van der Waals surface area contributed by atoms with Gasteiger partial charge in [-0.1, -0.05) is 12.1 Å². The molecule has 2 aromatic heterocycles. The van der Waals surface area contributed by atoms with Crippen LogP contribution in [0.25, 0.3) is 11.2 Å². The van der Waals surface area contributed by atoms with Crippen molar-refractivity contribution in [3.63, 3.8) is 0 Å². The third kappa shape index (κ3) is 1.73. The van der Waals surface area contributed by atoms with Crippen molar-refractivity contribution in [3.05, 3.63) is 6.33 Å². The minimum atomic E-state index is 0.408. The monoisotopic (exact) mass is 232 g/mol. The van der Waals surface area contributed by atoms with Crippen LogP contribution in [0.15, 0.2) is 6.33 Å². The van der Waals surface area contributed by atoms with Gasteiger partial charge in [0.1, 0.15) is 6.33 Å². The Morgan fingerprint density at radius 3 is 2.76 bits per heavy atom. The van der Waals surface area contributed by atoms with Crippen molar-refractivity contribution in [1.82, 2.24) is 25.0 Å². The molecule has 0 saturated heterocycles. The summed E-state index contributed by atoms with van der Waals surface area (Å²) in [6.45, 7) is 2.30. The van der Waals surface area contributed by atoms with E-state index in [-0.39, 0.29) is 0 Å². The van der Waals surface area contributed by atoms with Gasteiger partial charge in [-0.25, -0.2) is 14.6 Å². The lowest BCUT2D eigenvalue weighted by atomic mass is 9.87. The maximum Gasteiger partial charge on any atom is 0.184 e. The van der Waals surface area contributed by atoms with Crippen LogP contribution >= 0.6 is 0 Å². The summed E-state index contributed by atoms with van der Waals surface area (Å²) in [4.78, 5) is 8.17. The first-order chi connectivity index (χ1) is 8.25. The van der Waals surface area contributed by atoms with E-state index in [1.54, 1.807) is 0 Å². The molecular weight excluding hydrogens is 216 g/mol. The van der Waals surface area contributed by atoms with Crippen molar-refractivity contribution in [3.8, 4) is 0 Å². The maximum atomic E-state index is 5.75. The first kappa shape index (κ1) is 10.4. The molecule has 1 aliphatic carbocycles. The zero-order valence-electron chi connectivity index (χ0n) is 9.87. The summed E-state index contributed by atoms with van der Waals surface area (Å²) in [6.07, 6.45) is 6.25. The van der Waals surface area contributed by atoms with Crippen LogP contribution in [0.1, 0.15) is 38.6 Å². The zero-order chi connectivity index (χ0) is 11.8. The van der Waals surface area contributed by atoms with Crippen LogP contribution < -0.4 is 5.73 Å². The van der Waals surface area contributed by atoms with Gasteiger partial charge in [0.15, 0.2) is 17.0 Å². The summed E-state index contributed by atoms with van der Waals surface area (Å²) in [6, 6.07) is 0.408. The molecule has 3 rings (SSSR count). The van der Waals surface area contributed by atoms with Crippen molar-refractivity contribution >= 4 is 17.0 Å². The Hall–Kier alpha value is -1.72. The quantitative estimate of drug-likeness (QED) is 0.806. The molecule has 0 aromatic carbocycles. The Morgan fingerprint density at radius 1 is 1.24 bits per heavy atom. The third-order valence-corrected chi connectivity index (χ3v) is 3.62. The van der Waals surface area contributed by atoms with Crippen LogP contribution in [0, 0.1) is 5.92 Å². The van der Waals surface area contributed by atoms with Gasteiger partial charge in [-0.05, 0) is 31.6 Å². The van der Waals surface area contributed by atoms with E-state index in [0.717, 1.165) is 24.4 Å². The fourth-order valence-corrected chi connectivity index (χ4v) is 2.51.